The Hall–Kier alpha value is -0.0900. The highest BCUT2D eigenvalue weighted by molar-refractivity contribution is 9.09. The lowest BCUT2D eigenvalue weighted by atomic mass is 10.1. The molecule has 0 aromatic rings. The number of nitrogens with one attached hydrogen (secondary N) is 1. The Balaban J connectivity index is 2.26. The molecular weight excluding hydrogens is 244 g/mol. The lowest BCUT2D eigenvalue weighted by Crippen LogP contribution is -2.47. The van der Waals surface area contributed by atoms with Crippen molar-refractivity contribution in [3.05, 3.63) is 0 Å². The Labute approximate surface area is 94.4 Å². The predicted molar refractivity (Wildman–Crippen MR) is 61.7 cm³/mol. The number of carbonyl (C=O) groups is 1. The average Bonchev–Trinajstić information content (AvgIpc) is 2.18. The lowest BCUT2D eigenvalue weighted by Gasteiger charge is -2.32. The van der Waals surface area contributed by atoms with Gasteiger partial charge in [0, 0.05) is 24.3 Å². The molecule has 0 aliphatic carbocycles. The summed E-state index contributed by atoms with van der Waals surface area (Å²) in [5, 5.41) is 3.83. The molecule has 1 atom stereocenters. The molecule has 0 saturated carbocycles. The van der Waals surface area contributed by atoms with Gasteiger partial charge < -0.3 is 10.2 Å². The molecule has 1 aliphatic rings. The Morgan fingerprint density at radius 2 is 2.43 bits per heavy atom. The molecule has 1 heterocycles. The first-order valence-corrected chi connectivity index (χ1v) is 6.46. The van der Waals surface area contributed by atoms with Gasteiger partial charge in [-0.05, 0) is 25.9 Å². The van der Waals surface area contributed by atoms with Crippen LogP contribution in [0.15, 0.2) is 0 Å². The number of rotatable bonds is 4. The van der Waals surface area contributed by atoms with Crippen LogP contribution in [0.2, 0.25) is 0 Å². The van der Waals surface area contributed by atoms with Crippen LogP contribution in [0.4, 0.5) is 0 Å². The van der Waals surface area contributed by atoms with Crippen molar-refractivity contribution in [1.82, 2.24) is 10.2 Å². The zero-order chi connectivity index (χ0) is 10.4. The van der Waals surface area contributed by atoms with Crippen molar-refractivity contribution in [3.8, 4) is 0 Å². The van der Waals surface area contributed by atoms with Crippen LogP contribution < -0.4 is 5.32 Å². The molecule has 1 unspecified atom stereocenters. The molecule has 1 rings (SSSR count). The van der Waals surface area contributed by atoms with Crippen LogP contribution in [0.25, 0.3) is 0 Å². The lowest BCUT2D eigenvalue weighted by molar-refractivity contribution is -0.121. The van der Waals surface area contributed by atoms with Crippen molar-refractivity contribution in [2.24, 2.45) is 0 Å². The molecule has 1 aliphatic heterocycles. The van der Waals surface area contributed by atoms with Crippen molar-refractivity contribution < 1.29 is 4.79 Å². The fraction of sp³-hybridized carbons (Fsp3) is 0.900. The van der Waals surface area contributed by atoms with Gasteiger partial charge in [0.1, 0.15) is 0 Å². The van der Waals surface area contributed by atoms with E-state index in [1.807, 2.05) is 0 Å². The molecule has 1 amide bonds. The number of nitrogens with zero attached hydrogens (tertiary/aromatic N) is 1. The third kappa shape index (κ3) is 3.96. The first kappa shape index (κ1) is 12.0. The molecule has 3 nitrogen and oxygen atoms in total. The summed E-state index contributed by atoms with van der Waals surface area (Å²) < 4.78 is 0. The second kappa shape index (κ2) is 6.40. The average molecular weight is 263 g/mol. The third-order valence-electron chi connectivity index (χ3n) is 2.64. The molecule has 0 aromatic carbocycles. The summed E-state index contributed by atoms with van der Waals surface area (Å²) in [7, 11) is 0. The zero-order valence-corrected chi connectivity index (χ0v) is 10.3. The van der Waals surface area contributed by atoms with Crippen LogP contribution in [0.3, 0.4) is 0 Å². The molecular formula is C10H19BrN2O. The number of carbonyl (C=O) groups excluding carboxylic acids is 1. The van der Waals surface area contributed by atoms with Crippen molar-refractivity contribution in [2.45, 2.75) is 32.2 Å². The Morgan fingerprint density at radius 1 is 1.64 bits per heavy atom. The van der Waals surface area contributed by atoms with E-state index in [0.717, 1.165) is 24.8 Å². The van der Waals surface area contributed by atoms with Gasteiger partial charge in [-0.3, -0.25) is 4.79 Å². The van der Waals surface area contributed by atoms with E-state index in [4.69, 9.17) is 0 Å². The monoisotopic (exact) mass is 262 g/mol. The van der Waals surface area contributed by atoms with Crippen molar-refractivity contribution in [2.75, 3.05) is 25.0 Å². The summed E-state index contributed by atoms with van der Waals surface area (Å²) in [6, 6.07) is 0.371. The Bertz CT molecular complexity index is 187. The van der Waals surface area contributed by atoms with E-state index in [1.165, 1.54) is 13.0 Å². The molecule has 4 heteroatoms. The van der Waals surface area contributed by atoms with Crippen molar-refractivity contribution >= 4 is 21.8 Å². The fourth-order valence-electron chi connectivity index (χ4n) is 1.85. The summed E-state index contributed by atoms with van der Waals surface area (Å²) in [4.78, 5) is 13.7. The Morgan fingerprint density at radius 3 is 3.07 bits per heavy atom. The molecule has 1 fully saturated rings. The predicted octanol–water partition coefficient (Wildman–Crippen LogP) is 1.37. The SMILES string of the molecule is CCN1CCCC(NC(=O)CCBr)C1. The highest BCUT2D eigenvalue weighted by atomic mass is 79.9. The maximum atomic E-state index is 11.3. The van der Waals surface area contributed by atoms with E-state index in [9.17, 15) is 4.79 Å². The summed E-state index contributed by atoms with van der Waals surface area (Å²) in [6.07, 6.45) is 2.92. The minimum absolute atomic E-state index is 0.171. The van der Waals surface area contributed by atoms with E-state index in [2.05, 4.69) is 33.1 Å². The van der Waals surface area contributed by atoms with Crippen LogP contribution in [-0.4, -0.2) is 41.8 Å². The largest absolute Gasteiger partial charge is 0.352 e. The van der Waals surface area contributed by atoms with Gasteiger partial charge in [-0.1, -0.05) is 22.9 Å². The van der Waals surface area contributed by atoms with Crippen LogP contribution in [0.5, 0.6) is 0 Å². The van der Waals surface area contributed by atoms with E-state index in [0.29, 0.717) is 12.5 Å². The molecule has 1 saturated heterocycles. The van der Waals surface area contributed by atoms with Crippen molar-refractivity contribution in [1.29, 1.82) is 0 Å². The second-order valence-electron chi connectivity index (χ2n) is 3.74. The van der Waals surface area contributed by atoms with Crippen LogP contribution in [0.1, 0.15) is 26.2 Å². The van der Waals surface area contributed by atoms with Gasteiger partial charge in [0.05, 0.1) is 0 Å². The van der Waals surface area contributed by atoms with Gasteiger partial charge in [0.25, 0.3) is 0 Å². The number of piperidine rings is 1. The van der Waals surface area contributed by atoms with E-state index >= 15 is 0 Å². The van der Waals surface area contributed by atoms with E-state index in [1.54, 1.807) is 0 Å². The van der Waals surface area contributed by atoms with Crippen LogP contribution in [-0.2, 0) is 4.79 Å². The zero-order valence-electron chi connectivity index (χ0n) is 8.76. The number of alkyl halides is 1. The molecule has 0 radical (unpaired) electrons. The first-order valence-electron chi connectivity index (χ1n) is 5.34. The number of amides is 1. The van der Waals surface area contributed by atoms with Gasteiger partial charge in [-0.15, -0.1) is 0 Å². The third-order valence-corrected chi connectivity index (χ3v) is 3.04. The van der Waals surface area contributed by atoms with Gasteiger partial charge in [0.2, 0.25) is 5.91 Å². The smallest absolute Gasteiger partial charge is 0.221 e. The van der Waals surface area contributed by atoms with E-state index in [-0.39, 0.29) is 5.91 Å². The van der Waals surface area contributed by atoms with Gasteiger partial charge in [-0.25, -0.2) is 0 Å². The fourth-order valence-corrected chi connectivity index (χ4v) is 2.21. The van der Waals surface area contributed by atoms with Gasteiger partial charge in [0.15, 0.2) is 0 Å². The van der Waals surface area contributed by atoms with Crippen LogP contribution >= 0.6 is 15.9 Å². The minimum atomic E-state index is 0.171. The quantitative estimate of drug-likeness (QED) is 0.777. The van der Waals surface area contributed by atoms with Gasteiger partial charge >= 0.3 is 0 Å². The highest BCUT2D eigenvalue weighted by Gasteiger charge is 2.19. The molecule has 0 bridgehead atoms. The minimum Gasteiger partial charge on any atom is -0.352 e. The molecule has 1 N–H and O–H groups in total. The summed E-state index contributed by atoms with van der Waals surface area (Å²) in [5.41, 5.74) is 0. The Kier molecular flexibility index (Phi) is 5.48. The maximum absolute atomic E-state index is 11.3. The second-order valence-corrected chi connectivity index (χ2v) is 4.53. The first-order chi connectivity index (χ1) is 6.76. The molecule has 0 spiro atoms. The summed E-state index contributed by atoms with van der Waals surface area (Å²) in [6.45, 7) is 5.46. The molecule has 0 aromatic heterocycles. The van der Waals surface area contributed by atoms with Crippen LogP contribution in [0, 0.1) is 0 Å². The topological polar surface area (TPSA) is 32.3 Å². The van der Waals surface area contributed by atoms with Crippen molar-refractivity contribution in [3.63, 3.8) is 0 Å². The maximum Gasteiger partial charge on any atom is 0.221 e. The summed E-state index contributed by atoms with van der Waals surface area (Å²) in [5.74, 6) is 0.171. The van der Waals surface area contributed by atoms with Gasteiger partial charge in [-0.2, -0.15) is 0 Å². The standard InChI is InChI=1S/C10H19BrN2O/c1-2-13-7-3-4-9(8-13)12-10(14)5-6-11/h9H,2-8H2,1H3,(H,12,14). The number of halogens is 1. The number of likely N-dealkylation sites (N-methyl/N-ethyl adjacent to an activating group) is 1. The normalized spacial score (nSPS) is 23.4. The number of hydrogen-bond donors (Lipinski definition) is 1. The number of likely N-dealkylation sites (tertiary alicyclic amines) is 1. The molecule has 14 heavy (non-hydrogen) atoms. The highest BCUT2D eigenvalue weighted by Crippen LogP contribution is 2.09. The molecule has 82 valence electrons. The number of hydrogen-bond acceptors (Lipinski definition) is 2. The van der Waals surface area contributed by atoms with E-state index < -0.39 is 0 Å². The summed E-state index contributed by atoms with van der Waals surface area (Å²) >= 11 is 3.27.